The van der Waals surface area contributed by atoms with E-state index in [0.717, 1.165) is 12.5 Å². The molecule has 0 atom stereocenters. The summed E-state index contributed by atoms with van der Waals surface area (Å²) in [6, 6.07) is 0. The molecular formula is C18H39N. The molecule has 0 saturated carbocycles. The van der Waals surface area contributed by atoms with Crippen LogP contribution in [0, 0.1) is 5.92 Å². The molecule has 116 valence electrons. The van der Waals surface area contributed by atoms with Gasteiger partial charge in [0.15, 0.2) is 0 Å². The fourth-order valence-electron chi connectivity index (χ4n) is 2.64. The van der Waals surface area contributed by atoms with E-state index in [1.54, 1.807) is 0 Å². The summed E-state index contributed by atoms with van der Waals surface area (Å²) in [6.07, 6.45) is 13.8. The Balaban J connectivity index is 4.03. The molecule has 0 aromatic carbocycles. The maximum Gasteiger partial charge on any atom is 0.0153 e. The van der Waals surface area contributed by atoms with Crippen molar-refractivity contribution in [3.8, 4) is 0 Å². The number of hydrogen-bond donors (Lipinski definition) is 1. The Morgan fingerprint density at radius 1 is 0.789 bits per heavy atom. The third-order valence-corrected chi connectivity index (χ3v) is 4.10. The van der Waals surface area contributed by atoms with E-state index >= 15 is 0 Å². The number of hydrogen-bond acceptors (Lipinski definition) is 1. The Morgan fingerprint density at radius 2 is 1.26 bits per heavy atom. The van der Waals surface area contributed by atoms with E-state index in [2.05, 4.69) is 39.9 Å². The maximum absolute atomic E-state index is 3.85. The van der Waals surface area contributed by atoms with Crippen molar-refractivity contribution < 1.29 is 0 Å². The van der Waals surface area contributed by atoms with Gasteiger partial charge in [-0.15, -0.1) is 0 Å². The first kappa shape index (κ1) is 19.0. The van der Waals surface area contributed by atoms with Crippen molar-refractivity contribution in [3.05, 3.63) is 0 Å². The lowest BCUT2D eigenvalue weighted by atomic mass is 9.87. The second-order valence-electron chi connectivity index (χ2n) is 6.96. The summed E-state index contributed by atoms with van der Waals surface area (Å²) in [4.78, 5) is 0. The molecule has 0 unspecified atom stereocenters. The van der Waals surface area contributed by atoms with Crippen molar-refractivity contribution in [2.45, 2.75) is 104 Å². The van der Waals surface area contributed by atoms with E-state index in [1.165, 1.54) is 64.2 Å². The van der Waals surface area contributed by atoms with Gasteiger partial charge in [0, 0.05) is 5.54 Å². The average Bonchev–Trinajstić information content (AvgIpc) is 2.38. The molecule has 0 amide bonds. The molecule has 1 nitrogen and oxygen atoms in total. The lowest BCUT2D eigenvalue weighted by Crippen LogP contribution is -2.44. The van der Waals surface area contributed by atoms with Crippen LogP contribution in [0.4, 0.5) is 0 Å². The molecule has 0 aromatic heterocycles. The third-order valence-electron chi connectivity index (χ3n) is 4.10. The zero-order valence-electron chi connectivity index (χ0n) is 14.4. The predicted octanol–water partition coefficient (Wildman–Crippen LogP) is 5.93. The van der Waals surface area contributed by atoms with Crippen molar-refractivity contribution >= 4 is 0 Å². The largest absolute Gasteiger partial charge is 0.311 e. The van der Waals surface area contributed by atoms with Gasteiger partial charge in [0.1, 0.15) is 0 Å². The summed E-state index contributed by atoms with van der Waals surface area (Å²) in [6.45, 7) is 12.8. The van der Waals surface area contributed by atoms with E-state index in [1.807, 2.05) is 0 Å². The fourth-order valence-corrected chi connectivity index (χ4v) is 2.64. The highest BCUT2D eigenvalue weighted by Gasteiger charge is 2.22. The van der Waals surface area contributed by atoms with Gasteiger partial charge in [0.25, 0.3) is 0 Å². The monoisotopic (exact) mass is 269 g/mol. The molecule has 0 rings (SSSR count). The van der Waals surface area contributed by atoms with Crippen LogP contribution in [0.3, 0.4) is 0 Å². The van der Waals surface area contributed by atoms with Gasteiger partial charge in [-0.3, -0.25) is 0 Å². The molecular weight excluding hydrogens is 230 g/mol. The second kappa shape index (κ2) is 11.8. The number of unbranched alkanes of at least 4 members (excludes halogenated alkanes) is 6. The lowest BCUT2D eigenvalue weighted by Gasteiger charge is -2.32. The Kier molecular flexibility index (Phi) is 11.7. The molecule has 0 aliphatic rings. The fraction of sp³-hybridized carbons (Fsp3) is 1.00. The highest BCUT2D eigenvalue weighted by molar-refractivity contribution is 4.83. The molecule has 0 aliphatic heterocycles. The molecule has 0 heterocycles. The Hall–Kier alpha value is -0.0400. The number of nitrogens with one attached hydrogen (secondary N) is 1. The van der Waals surface area contributed by atoms with Gasteiger partial charge in [0.2, 0.25) is 0 Å². The van der Waals surface area contributed by atoms with Gasteiger partial charge in [-0.2, -0.15) is 0 Å². The van der Waals surface area contributed by atoms with Crippen LogP contribution in [0.2, 0.25) is 0 Å². The molecule has 1 heteroatoms. The quantitative estimate of drug-likeness (QED) is 0.408. The zero-order valence-corrected chi connectivity index (χ0v) is 14.4. The number of rotatable bonds is 13. The summed E-state index contributed by atoms with van der Waals surface area (Å²) in [5.41, 5.74) is 0.381. The first-order valence-electron chi connectivity index (χ1n) is 8.79. The van der Waals surface area contributed by atoms with Crippen molar-refractivity contribution in [2.75, 3.05) is 6.54 Å². The molecule has 0 bridgehead atoms. The normalized spacial score (nSPS) is 12.3. The zero-order chi connectivity index (χ0) is 14.6. The summed E-state index contributed by atoms with van der Waals surface area (Å²) in [5.74, 6) is 0.755. The lowest BCUT2D eigenvalue weighted by molar-refractivity contribution is 0.275. The second-order valence-corrected chi connectivity index (χ2v) is 6.96. The highest BCUT2D eigenvalue weighted by Crippen LogP contribution is 2.23. The summed E-state index contributed by atoms with van der Waals surface area (Å²) >= 11 is 0. The highest BCUT2D eigenvalue weighted by atomic mass is 15.0. The molecule has 0 fully saturated rings. The Labute approximate surface area is 122 Å². The topological polar surface area (TPSA) is 12.0 Å². The molecule has 1 N–H and O–H groups in total. The van der Waals surface area contributed by atoms with E-state index in [0.29, 0.717) is 5.54 Å². The molecule has 0 saturated heterocycles. The predicted molar refractivity (Wildman–Crippen MR) is 88.8 cm³/mol. The van der Waals surface area contributed by atoms with Crippen LogP contribution in [0.1, 0.15) is 98.8 Å². The molecule has 0 aromatic rings. The van der Waals surface area contributed by atoms with E-state index < -0.39 is 0 Å². The molecule has 0 radical (unpaired) electrons. The summed E-state index contributed by atoms with van der Waals surface area (Å²) in [7, 11) is 0. The third kappa shape index (κ3) is 11.5. The van der Waals surface area contributed by atoms with Crippen LogP contribution in [0.25, 0.3) is 0 Å². The minimum Gasteiger partial charge on any atom is -0.311 e. The Bertz CT molecular complexity index is 174. The van der Waals surface area contributed by atoms with Gasteiger partial charge in [-0.1, -0.05) is 79.1 Å². The molecule has 0 aliphatic carbocycles. The van der Waals surface area contributed by atoms with Crippen molar-refractivity contribution in [3.63, 3.8) is 0 Å². The summed E-state index contributed by atoms with van der Waals surface area (Å²) in [5, 5.41) is 3.85. The minimum atomic E-state index is 0.381. The van der Waals surface area contributed by atoms with Gasteiger partial charge in [-0.05, 0) is 32.2 Å². The van der Waals surface area contributed by atoms with Crippen LogP contribution in [0.5, 0.6) is 0 Å². The molecule has 19 heavy (non-hydrogen) atoms. The smallest absolute Gasteiger partial charge is 0.0153 e. The van der Waals surface area contributed by atoms with Gasteiger partial charge >= 0.3 is 0 Å². The van der Waals surface area contributed by atoms with Crippen molar-refractivity contribution in [2.24, 2.45) is 5.92 Å². The van der Waals surface area contributed by atoms with Gasteiger partial charge in [0.05, 0.1) is 0 Å². The first-order chi connectivity index (χ1) is 9.04. The van der Waals surface area contributed by atoms with Crippen molar-refractivity contribution in [1.29, 1.82) is 0 Å². The van der Waals surface area contributed by atoms with Crippen LogP contribution in [-0.2, 0) is 0 Å². The van der Waals surface area contributed by atoms with E-state index in [9.17, 15) is 0 Å². The van der Waals surface area contributed by atoms with Crippen LogP contribution < -0.4 is 5.32 Å². The van der Waals surface area contributed by atoms with Crippen LogP contribution in [0.15, 0.2) is 0 Å². The van der Waals surface area contributed by atoms with Gasteiger partial charge in [-0.25, -0.2) is 0 Å². The van der Waals surface area contributed by atoms with Gasteiger partial charge < -0.3 is 5.32 Å². The molecule has 0 spiro atoms. The van der Waals surface area contributed by atoms with E-state index in [-0.39, 0.29) is 0 Å². The first-order valence-corrected chi connectivity index (χ1v) is 8.79. The standard InChI is InChI=1S/C18H39N/c1-6-8-10-12-14-18(5,19-16-17(3)4)15-13-11-9-7-2/h17,19H,6-16H2,1-5H3. The van der Waals surface area contributed by atoms with Crippen LogP contribution >= 0.6 is 0 Å². The van der Waals surface area contributed by atoms with E-state index in [4.69, 9.17) is 0 Å². The SMILES string of the molecule is CCCCCCC(C)(CCCCCC)NCC(C)C. The minimum absolute atomic E-state index is 0.381. The summed E-state index contributed by atoms with van der Waals surface area (Å²) < 4.78 is 0. The maximum atomic E-state index is 3.85. The van der Waals surface area contributed by atoms with Crippen LogP contribution in [-0.4, -0.2) is 12.1 Å². The average molecular weight is 270 g/mol. The van der Waals surface area contributed by atoms with Crippen molar-refractivity contribution in [1.82, 2.24) is 5.32 Å². The Morgan fingerprint density at radius 3 is 1.63 bits per heavy atom.